The predicted octanol–water partition coefficient (Wildman–Crippen LogP) is 4.47. The molecule has 0 spiro atoms. The van der Waals surface area contributed by atoms with E-state index in [0.717, 1.165) is 11.3 Å². The van der Waals surface area contributed by atoms with Crippen molar-refractivity contribution in [3.63, 3.8) is 0 Å². The molecule has 0 bridgehead atoms. The van der Waals surface area contributed by atoms with Crippen LogP contribution in [0.1, 0.15) is 22.9 Å². The number of ether oxygens (including phenoxy) is 1. The van der Waals surface area contributed by atoms with Gasteiger partial charge in [-0.25, -0.2) is 8.78 Å². The maximum absolute atomic E-state index is 12.8. The highest BCUT2D eigenvalue weighted by Crippen LogP contribution is 2.28. The summed E-state index contributed by atoms with van der Waals surface area (Å²) in [6, 6.07) is 10.4. The van der Waals surface area contributed by atoms with Crippen molar-refractivity contribution in [3.8, 4) is 5.75 Å². The molecule has 1 atom stereocenters. The first-order chi connectivity index (χ1) is 11.5. The Labute approximate surface area is 140 Å². The lowest BCUT2D eigenvalue weighted by Crippen LogP contribution is -2.33. The van der Waals surface area contributed by atoms with Crippen LogP contribution in [0.15, 0.2) is 46.9 Å². The minimum atomic E-state index is -4.16. The Hall–Kier alpha value is -2.09. The molecule has 2 aromatic rings. The van der Waals surface area contributed by atoms with Gasteiger partial charge in [-0.3, -0.25) is 0 Å². The number of benzene rings is 1. The second-order valence-electron chi connectivity index (χ2n) is 5.33. The monoisotopic (exact) mass is 358 g/mol. The van der Waals surface area contributed by atoms with Crippen molar-refractivity contribution < 1.29 is 22.3 Å². The molecule has 3 rings (SSSR count). The number of alkyl halides is 4. The van der Waals surface area contributed by atoms with Gasteiger partial charge < -0.3 is 10.2 Å². The quantitative estimate of drug-likeness (QED) is 0.773. The molecular weight excluding hydrogens is 344 g/mol. The van der Waals surface area contributed by atoms with E-state index in [0.29, 0.717) is 6.42 Å². The van der Waals surface area contributed by atoms with Crippen LogP contribution in [-0.2, 0) is 0 Å². The number of nitrogens with zero attached hydrogens (tertiary/aromatic N) is 1. The van der Waals surface area contributed by atoms with Gasteiger partial charge in [-0.05, 0) is 41.3 Å². The molecule has 128 valence electrons. The molecule has 1 aromatic carbocycles. The largest absolute Gasteiger partial charge is 0.487 e. The maximum Gasteiger partial charge on any atom is 0.340 e. The third-order valence-electron chi connectivity index (χ3n) is 3.58. The molecule has 1 aromatic heterocycles. The summed E-state index contributed by atoms with van der Waals surface area (Å²) in [6.07, 6.45) is -3.03. The average Bonchev–Trinajstić information content (AvgIpc) is 3.24. The predicted molar refractivity (Wildman–Crippen MR) is 84.2 cm³/mol. The fraction of sp³-hybridized carbons (Fsp3) is 0.312. The van der Waals surface area contributed by atoms with E-state index in [1.165, 1.54) is 17.0 Å². The minimum Gasteiger partial charge on any atom is -0.487 e. The SMILES string of the molecule is FC(F)C(F)(F)COc1ccc(C2=NNC(c3cccs3)C2)cc1. The Morgan fingerprint density at radius 1 is 1.25 bits per heavy atom. The zero-order chi connectivity index (χ0) is 17.2. The van der Waals surface area contributed by atoms with Crippen molar-refractivity contribution >= 4 is 17.0 Å². The van der Waals surface area contributed by atoms with Crippen molar-refractivity contribution in [1.29, 1.82) is 0 Å². The van der Waals surface area contributed by atoms with Gasteiger partial charge in [0.15, 0.2) is 6.61 Å². The van der Waals surface area contributed by atoms with Crippen molar-refractivity contribution in [1.82, 2.24) is 5.43 Å². The van der Waals surface area contributed by atoms with E-state index < -0.39 is 19.0 Å². The zero-order valence-electron chi connectivity index (χ0n) is 12.4. The molecule has 1 aliphatic heterocycles. The molecular formula is C16H14F4N2OS. The van der Waals surface area contributed by atoms with Crippen LogP contribution in [0.2, 0.25) is 0 Å². The Kier molecular flexibility index (Phi) is 4.75. The molecule has 1 N–H and O–H groups in total. The second kappa shape index (κ2) is 6.80. The number of nitrogens with one attached hydrogen (secondary N) is 1. The zero-order valence-corrected chi connectivity index (χ0v) is 13.2. The van der Waals surface area contributed by atoms with Gasteiger partial charge in [-0.1, -0.05) is 6.07 Å². The van der Waals surface area contributed by atoms with E-state index >= 15 is 0 Å². The Morgan fingerprint density at radius 2 is 2.00 bits per heavy atom. The van der Waals surface area contributed by atoms with E-state index in [-0.39, 0.29) is 11.8 Å². The summed E-state index contributed by atoms with van der Waals surface area (Å²) in [5, 5.41) is 6.29. The van der Waals surface area contributed by atoms with Crippen molar-refractivity contribution in [2.75, 3.05) is 6.61 Å². The number of rotatable bonds is 6. The summed E-state index contributed by atoms with van der Waals surface area (Å²) in [6.45, 7) is -1.35. The van der Waals surface area contributed by atoms with Crippen LogP contribution in [0.3, 0.4) is 0 Å². The second-order valence-corrected chi connectivity index (χ2v) is 6.31. The van der Waals surface area contributed by atoms with E-state index in [9.17, 15) is 17.6 Å². The topological polar surface area (TPSA) is 33.6 Å². The number of hydrazone groups is 1. The van der Waals surface area contributed by atoms with Crippen LogP contribution in [0.5, 0.6) is 5.75 Å². The smallest absolute Gasteiger partial charge is 0.340 e. The van der Waals surface area contributed by atoms with Gasteiger partial charge in [0.2, 0.25) is 0 Å². The van der Waals surface area contributed by atoms with Crippen LogP contribution in [0, 0.1) is 0 Å². The summed E-state index contributed by atoms with van der Waals surface area (Å²) < 4.78 is 54.6. The number of thiophene rings is 1. The lowest BCUT2D eigenvalue weighted by Gasteiger charge is -2.16. The number of hydrogen-bond acceptors (Lipinski definition) is 4. The van der Waals surface area contributed by atoms with Gasteiger partial charge in [0.1, 0.15) is 5.75 Å². The van der Waals surface area contributed by atoms with Gasteiger partial charge in [0.25, 0.3) is 0 Å². The van der Waals surface area contributed by atoms with Gasteiger partial charge in [0.05, 0.1) is 11.8 Å². The molecule has 24 heavy (non-hydrogen) atoms. The van der Waals surface area contributed by atoms with E-state index in [1.807, 2.05) is 17.5 Å². The maximum atomic E-state index is 12.8. The van der Waals surface area contributed by atoms with Crippen molar-refractivity contribution in [2.45, 2.75) is 24.8 Å². The number of halogens is 4. The third-order valence-corrected chi connectivity index (χ3v) is 4.56. The van der Waals surface area contributed by atoms with E-state index in [2.05, 4.69) is 10.5 Å². The van der Waals surface area contributed by atoms with Crippen LogP contribution in [0.4, 0.5) is 17.6 Å². The molecule has 0 radical (unpaired) electrons. The fourth-order valence-corrected chi connectivity index (χ4v) is 3.03. The summed E-state index contributed by atoms with van der Waals surface area (Å²) >= 11 is 1.64. The molecule has 0 saturated carbocycles. The highest BCUT2D eigenvalue weighted by molar-refractivity contribution is 7.10. The van der Waals surface area contributed by atoms with Crippen LogP contribution >= 0.6 is 11.3 Å². The molecule has 0 amide bonds. The average molecular weight is 358 g/mol. The first-order valence-corrected chi connectivity index (χ1v) is 8.08. The summed E-state index contributed by atoms with van der Waals surface area (Å²) in [5.74, 6) is -4.05. The fourth-order valence-electron chi connectivity index (χ4n) is 2.26. The Bertz CT molecular complexity index is 701. The molecule has 1 unspecified atom stereocenters. The van der Waals surface area contributed by atoms with Gasteiger partial charge in [-0.15, -0.1) is 11.3 Å². The molecule has 2 heterocycles. The van der Waals surface area contributed by atoms with Gasteiger partial charge in [0, 0.05) is 11.3 Å². The van der Waals surface area contributed by atoms with Crippen LogP contribution < -0.4 is 10.2 Å². The van der Waals surface area contributed by atoms with E-state index in [4.69, 9.17) is 4.74 Å². The summed E-state index contributed by atoms with van der Waals surface area (Å²) in [7, 11) is 0. The van der Waals surface area contributed by atoms with E-state index in [1.54, 1.807) is 23.5 Å². The molecule has 0 fully saturated rings. The Balaban J connectivity index is 1.59. The standard InChI is InChI=1S/C16H14F4N2OS/c17-15(18)16(19,20)9-23-11-5-3-10(4-6-11)12-8-13(22-21-12)14-2-1-7-24-14/h1-7,13,15,22H,8-9H2. The third kappa shape index (κ3) is 3.69. The van der Waals surface area contributed by atoms with Gasteiger partial charge >= 0.3 is 12.3 Å². The van der Waals surface area contributed by atoms with Crippen molar-refractivity contribution in [2.24, 2.45) is 5.10 Å². The lowest BCUT2D eigenvalue weighted by atomic mass is 10.0. The van der Waals surface area contributed by atoms with Crippen LogP contribution in [0.25, 0.3) is 0 Å². The Morgan fingerprint density at radius 3 is 2.62 bits per heavy atom. The summed E-state index contributed by atoms with van der Waals surface area (Å²) in [5.41, 5.74) is 4.74. The minimum absolute atomic E-state index is 0.112. The molecule has 0 aliphatic carbocycles. The first kappa shape index (κ1) is 16.8. The number of hydrogen-bond donors (Lipinski definition) is 1. The van der Waals surface area contributed by atoms with Gasteiger partial charge in [-0.2, -0.15) is 13.9 Å². The highest BCUT2D eigenvalue weighted by Gasteiger charge is 2.41. The van der Waals surface area contributed by atoms with Crippen LogP contribution in [-0.4, -0.2) is 24.7 Å². The lowest BCUT2D eigenvalue weighted by molar-refractivity contribution is -0.148. The summed E-state index contributed by atoms with van der Waals surface area (Å²) in [4.78, 5) is 1.18. The normalized spacial score (nSPS) is 17.7. The molecule has 1 aliphatic rings. The highest BCUT2D eigenvalue weighted by atomic mass is 32.1. The first-order valence-electron chi connectivity index (χ1n) is 7.20. The van der Waals surface area contributed by atoms with Crippen molar-refractivity contribution in [3.05, 3.63) is 52.2 Å². The molecule has 0 saturated heterocycles. The molecule has 8 heteroatoms. The molecule has 3 nitrogen and oxygen atoms in total.